The highest BCUT2D eigenvalue weighted by atomic mass is 32.2. The molecule has 1 aromatic heterocycles. The van der Waals surface area contributed by atoms with E-state index in [4.69, 9.17) is 0 Å². The van der Waals surface area contributed by atoms with Crippen molar-refractivity contribution in [2.75, 3.05) is 24.6 Å². The van der Waals surface area contributed by atoms with Crippen molar-refractivity contribution in [1.29, 1.82) is 0 Å². The number of hydrogen-bond acceptors (Lipinski definition) is 5. The summed E-state index contributed by atoms with van der Waals surface area (Å²) in [7, 11) is -3.34. The Morgan fingerprint density at radius 2 is 2.00 bits per heavy atom. The highest BCUT2D eigenvalue weighted by Crippen LogP contribution is 2.24. The molecule has 0 amide bonds. The third-order valence-corrected chi connectivity index (χ3v) is 7.63. The maximum atomic E-state index is 12.4. The summed E-state index contributed by atoms with van der Waals surface area (Å²) in [5.74, 6) is 2.10. The zero-order chi connectivity index (χ0) is 15.1. The molecule has 2 heterocycles. The normalized spacial score (nSPS) is 17.2. The second-order valence-corrected chi connectivity index (χ2v) is 9.56. The van der Waals surface area contributed by atoms with Crippen molar-refractivity contribution >= 4 is 33.1 Å². The zero-order valence-electron chi connectivity index (χ0n) is 12.4. The van der Waals surface area contributed by atoms with Gasteiger partial charge in [-0.05, 0) is 62.4 Å². The van der Waals surface area contributed by atoms with E-state index in [0.29, 0.717) is 4.21 Å². The number of thioether (sulfide) groups is 1. The summed E-state index contributed by atoms with van der Waals surface area (Å²) in [4.78, 5) is 1.12. The van der Waals surface area contributed by atoms with E-state index in [9.17, 15) is 8.42 Å². The van der Waals surface area contributed by atoms with Crippen LogP contribution in [0.15, 0.2) is 16.3 Å². The molecule has 1 aliphatic rings. The van der Waals surface area contributed by atoms with Crippen LogP contribution < -0.4 is 10.0 Å². The molecular formula is C14H24N2O2S3. The van der Waals surface area contributed by atoms with Gasteiger partial charge in [-0.15, -0.1) is 11.3 Å². The first-order valence-corrected chi connectivity index (χ1v) is 11.0. The topological polar surface area (TPSA) is 58.2 Å². The molecule has 0 radical (unpaired) electrons. The van der Waals surface area contributed by atoms with E-state index in [1.807, 2.05) is 17.8 Å². The quantitative estimate of drug-likeness (QED) is 0.709. The molecule has 0 bridgehead atoms. The SMILES string of the molecule is CCCNCCc1ccc(S(=O)(=O)NC2CCSCC2)s1. The minimum Gasteiger partial charge on any atom is -0.316 e. The minimum absolute atomic E-state index is 0.105. The average Bonchev–Trinajstić information content (AvgIpc) is 2.94. The van der Waals surface area contributed by atoms with Crippen LogP contribution in [-0.2, 0) is 16.4 Å². The van der Waals surface area contributed by atoms with Gasteiger partial charge in [-0.2, -0.15) is 11.8 Å². The second-order valence-electron chi connectivity index (χ2n) is 5.23. The molecule has 1 aromatic rings. The Kier molecular flexibility index (Phi) is 7.01. The summed E-state index contributed by atoms with van der Waals surface area (Å²) in [5, 5.41) is 3.34. The molecule has 2 N–H and O–H groups in total. The van der Waals surface area contributed by atoms with Gasteiger partial charge in [0.1, 0.15) is 4.21 Å². The molecule has 0 atom stereocenters. The molecular weight excluding hydrogens is 324 g/mol. The molecule has 1 fully saturated rings. The van der Waals surface area contributed by atoms with E-state index in [0.717, 1.165) is 55.2 Å². The van der Waals surface area contributed by atoms with Gasteiger partial charge in [0.05, 0.1) is 0 Å². The number of rotatable bonds is 8. The molecule has 0 spiro atoms. The van der Waals surface area contributed by atoms with E-state index in [1.165, 1.54) is 11.3 Å². The lowest BCUT2D eigenvalue weighted by Gasteiger charge is -2.21. The lowest BCUT2D eigenvalue weighted by atomic mass is 10.2. The number of sulfonamides is 1. The predicted octanol–water partition coefficient (Wildman–Crippen LogP) is 2.46. The second kappa shape index (κ2) is 8.53. The summed E-state index contributed by atoms with van der Waals surface area (Å²) in [6.07, 6.45) is 3.88. The van der Waals surface area contributed by atoms with Crippen LogP contribution >= 0.6 is 23.1 Å². The van der Waals surface area contributed by atoms with Crippen LogP contribution in [0.4, 0.5) is 0 Å². The van der Waals surface area contributed by atoms with Crippen molar-refractivity contribution < 1.29 is 8.42 Å². The van der Waals surface area contributed by atoms with Gasteiger partial charge < -0.3 is 5.32 Å². The summed E-state index contributed by atoms with van der Waals surface area (Å²) < 4.78 is 28.0. The van der Waals surface area contributed by atoms with E-state index >= 15 is 0 Å². The first-order chi connectivity index (χ1) is 10.1. The molecule has 4 nitrogen and oxygen atoms in total. The molecule has 1 saturated heterocycles. The van der Waals surface area contributed by atoms with Gasteiger partial charge in [-0.1, -0.05) is 6.92 Å². The van der Waals surface area contributed by atoms with Crippen molar-refractivity contribution in [2.24, 2.45) is 0 Å². The average molecular weight is 349 g/mol. The smallest absolute Gasteiger partial charge is 0.250 e. The highest BCUT2D eigenvalue weighted by Gasteiger charge is 2.23. The first-order valence-electron chi connectivity index (χ1n) is 7.51. The molecule has 0 saturated carbocycles. The van der Waals surface area contributed by atoms with Gasteiger partial charge in [-0.25, -0.2) is 13.1 Å². The fourth-order valence-electron chi connectivity index (χ4n) is 2.24. The van der Waals surface area contributed by atoms with E-state index < -0.39 is 10.0 Å². The number of thiophene rings is 1. The molecule has 0 aliphatic carbocycles. The van der Waals surface area contributed by atoms with Crippen LogP contribution in [0.3, 0.4) is 0 Å². The van der Waals surface area contributed by atoms with Gasteiger partial charge in [0.2, 0.25) is 10.0 Å². The standard InChI is InChI=1S/C14H24N2O2S3/c1-2-8-15-9-5-13-3-4-14(20-13)21(17,18)16-12-6-10-19-11-7-12/h3-4,12,15-16H,2,5-11H2,1H3. The first kappa shape index (κ1) is 17.3. The molecule has 2 rings (SSSR count). The van der Waals surface area contributed by atoms with Crippen molar-refractivity contribution in [3.8, 4) is 0 Å². The van der Waals surface area contributed by atoms with Gasteiger partial charge in [0, 0.05) is 10.9 Å². The Balaban J connectivity index is 1.89. The van der Waals surface area contributed by atoms with Crippen molar-refractivity contribution in [3.63, 3.8) is 0 Å². The predicted molar refractivity (Wildman–Crippen MR) is 91.9 cm³/mol. The van der Waals surface area contributed by atoms with Crippen LogP contribution in [-0.4, -0.2) is 39.1 Å². The zero-order valence-corrected chi connectivity index (χ0v) is 14.9. The summed E-state index contributed by atoms with van der Waals surface area (Å²) in [6, 6.07) is 3.77. The van der Waals surface area contributed by atoms with Crippen LogP contribution in [0.5, 0.6) is 0 Å². The third kappa shape index (κ3) is 5.56. The molecule has 120 valence electrons. The van der Waals surface area contributed by atoms with E-state index in [2.05, 4.69) is 17.0 Å². The van der Waals surface area contributed by atoms with Gasteiger partial charge in [0.25, 0.3) is 0 Å². The van der Waals surface area contributed by atoms with E-state index in [1.54, 1.807) is 6.07 Å². The fraction of sp³-hybridized carbons (Fsp3) is 0.714. The Labute approximate surface area is 136 Å². The Morgan fingerprint density at radius 3 is 2.71 bits per heavy atom. The molecule has 7 heteroatoms. The third-order valence-electron chi connectivity index (χ3n) is 3.42. The van der Waals surface area contributed by atoms with Gasteiger partial charge in [-0.3, -0.25) is 0 Å². The van der Waals surface area contributed by atoms with Gasteiger partial charge in [0.15, 0.2) is 0 Å². The van der Waals surface area contributed by atoms with Crippen LogP contribution in [0.2, 0.25) is 0 Å². The van der Waals surface area contributed by atoms with Crippen molar-refractivity contribution in [1.82, 2.24) is 10.0 Å². The van der Waals surface area contributed by atoms with E-state index in [-0.39, 0.29) is 6.04 Å². The lowest BCUT2D eigenvalue weighted by molar-refractivity contribution is 0.530. The lowest BCUT2D eigenvalue weighted by Crippen LogP contribution is -2.36. The summed E-state index contributed by atoms with van der Waals surface area (Å²) in [5.41, 5.74) is 0. The summed E-state index contributed by atoms with van der Waals surface area (Å²) >= 11 is 3.29. The minimum atomic E-state index is -3.34. The van der Waals surface area contributed by atoms with Crippen LogP contribution in [0.25, 0.3) is 0 Å². The highest BCUT2D eigenvalue weighted by molar-refractivity contribution is 7.99. The number of nitrogens with one attached hydrogen (secondary N) is 2. The van der Waals surface area contributed by atoms with Crippen molar-refractivity contribution in [2.45, 2.75) is 42.9 Å². The number of hydrogen-bond donors (Lipinski definition) is 2. The Bertz CT molecular complexity index is 522. The van der Waals surface area contributed by atoms with Crippen LogP contribution in [0.1, 0.15) is 31.1 Å². The molecule has 0 aromatic carbocycles. The maximum Gasteiger partial charge on any atom is 0.250 e. The maximum absolute atomic E-state index is 12.4. The Hall–Kier alpha value is -0.0800. The van der Waals surface area contributed by atoms with Crippen LogP contribution in [0, 0.1) is 0 Å². The molecule has 21 heavy (non-hydrogen) atoms. The monoisotopic (exact) mass is 348 g/mol. The summed E-state index contributed by atoms with van der Waals surface area (Å²) in [6.45, 7) is 4.05. The fourth-order valence-corrected chi connectivity index (χ4v) is 6.03. The molecule has 0 unspecified atom stereocenters. The molecule has 1 aliphatic heterocycles. The Morgan fingerprint density at radius 1 is 1.24 bits per heavy atom. The largest absolute Gasteiger partial charge is 0.316 e. The van der Waals surface area contributed by atoms with Crippen molar-refractivity contribution in [3.05, 3.63) is 17.0 Å². The van der Waals surface area contributed by atoms with Gasteiger partial charge >= 0.3 is 0 Å².